The van der Waals surface area contributed by atoms with Crippen molar-refractivity contribution in [2.24, 2.45) is 0 Å². The summed E-state index contributed by atoms with van der Waals surface area (Å²) in [5.41, 5.74) is -0.820. The van der Waals surface area contributed by atoms with Crippen LogP contribution in [-0.2, 0) is 4.79 Å². The van der Waals surface area contributed by atoms with Crippen LogP contribution in [0.3, 0.4) is 0 Å². The zero-order valence-electron chi connectivity index (χ0n) is 13.8. The van der Waals surface area contributed by atoms with Gasteiger partial charge in [-0.15, -0.1) is 0 Å². The molecule has 21 heavy (non-hydrogen) atoms. The van der Waals surface area contributed by atoms with E-state index in [1.165, 1.54) is 32.4 Å². The van der Waals surface area contributed by atoms with Gasteiger partial charge in [-0.1, -0.05) is 0 Å². The average Bonchev–Trinajstić information content (AvgIpc) is 3.06. The Morgan fingerprint density at radius 3 is 2.57 bits per heavy atom. The molecule has 0 aromatic carbocycles. The third kappa shape index (κ3) is 4.41. The third-order valence-corrected chi connectivity index (χ3v) is 4.91. The van der Waals surface area contributed by atoms with Crippen molar-refractivity contribution in [1.82, 2.24) is 15.1 Å². The molecule has 0 aromatic heterocycles. The highest BCUT2D eigenvalue weighted by atomic mass is 16.4. The number of hydrogen-bond acceptors (Lipinski definition) is 4. The number of carboxylic acid groups (broad SMARTS) is 1. The zero-order chi connectivity index (χ0) is 15.5. The quantitative estimate of drug-likeness (QED) is 0.744. The van der Waals surface area contributed by atoms with Crippen molar-refractivity contribution in [3.63, 3.8) is 0 Å². The van der Waals surface area contributed by atoms with Gasteiger partial charge in [-0.05, 0) is 66.1 Å². The topological polar surface area (TPSA) is 55.8 Å². The molecule has 2 saturated heterocycles. The van der Waals surface area contributed by atoms with E-state index in [1.54, 1.807) is 0 Å². The normalized spacial score (nSPS) is 27.3. The third-order valence-electron chi connectivity index (χ3n) is 4.91. The van der Waals surface area contributed by atoms with Gasteiger partial charge in [-0.25, -0.2) is 0 Å². The van der Waals surface area contributed by atoms with Gasteiger partial charge >= 0.3 is 5.97 Å². The van der Waals surface area contributed by atoms with E-state index in [4.69, 9.17) is 0 Å². The Morgan fingerprint density at radius 1 is 1.33 bits per heavy atom. The van der Waals surface area contributed by atoms with Gasteiger partial charge in [0.25, 0.3) is 0 Å². The Kier molecular flexibility index (Phi) is 5.63. The highest BCUT2D eigenvalue weighted by Crippen LogP contribution is 2.22. The Bertz CT molecular complexity index is 355. The minimum atomic E-state index is -0.820. The van der Waals surface area contributed by atoms with Crippen molar-refractivity contribution in [3.05, 3.63) is 0 Å². The summed E-state index contributed by atoms with van der Waals surface area (Å²) in [5.74, 6) is -0.744. The second kappa shape index (κ2) is 7.07. The molecule has 0 saturated carbocycles. The largest absolute Gasteiger partial charge is 0.480 e. The molecule has 0 amide bonds. The number of hydrogen-bond donors (Lipinski definition) is 2. The van der Waals surface area contributed by atoms with E-state index in [2.05, 4.69) is 15.1 Å². The van der Waals surface area contributed by atoms with Gasteiger partial charge < -0.3 is 10.0 Å². The van der Waals surface area contributed by atoms with Crippen molar-refractivity contribution in [1.29, 1.82) is 0 Å². The first kappa shape index (κ1) is 16.7. The van der Waals surface area contributed by atoms with Crippen LogP contribution in [0.25, 0.3) is 0 Å². The molecule has 122 valence electrons. The number of aliphatic carboxylic acids is 1. The average molecular weight is 297 g/mol. The summed E-state index contributed by atoms with van der Waals surface area (Å²) in [6.07, 6.45) is 4.58. The maximum absolute atomic E-state index is 11.5. The SMILES string of the molecule is CC(C)NC(C)(CCN1CCC(N2CCCC2)C1)C(=O)O. The lowest BCUT2D eigenvalue weighted by atomic mass is 9.96. The Labute approximate surface area is 128 Å². The number of nitrogens with zero attached hydrogens (tertiary/aromatic N) is 2. The smallest absolute Gasteiger partial charge is 0.323 e. The van der Waals surface area contributed by atoms with Crippen LogP contribution in [0, 0.1) is 0 Å². The summed E-state index contributed by atoms with van der Waals surface area (Å²) in [7, 11) is 0. The van der Waals surface area contributed by atoms with E-state index in [9.17, 15) is 9.90 Å². The maximum Gasteiger partial charge on any atom is 0.323 e. The lowest BCUT2D eigenvalue weighted by Crippen LogP contribution is -2.53. The van der Waals surface area contributed by atoms with Crippen LogP contribution >= 0.6 is 0 Å². The lowest BCUT2D eigenvalue weighted by Gasteiger charge is -2.31. The van der Waals surface area contributed by atoms with Crippen molar-refractivity contribution >= 4 is 5.97 Å². The van der Waals surface area contributed by atoms with Crippen LogP contribution in [-0.4, -0.2) is 71.2 Å². The van der Waals surface area contributed by atoms with Gasteiger partial charge in [0.1, 0.15) is 5.54 Å². The second-order valence-corrected chi connectivity index (χ2v) is 7.17. The Balaban J connectivity index is 1.80. The molecule has 0 radical (unpaired) electrons. The van der Waals surface area contributed by atoms with Crippen LogP contribution in [0.1, 0.15) is 46.5 Å². The summed E-state index contributed by atoms with van der Waals surface area (Å²) >= 11 is 0. The van der Waals surface area contributed by atoms with Crippen molar-refractivity contribution in [3.8, 4) is 0 Å². The van der Waals surface area contributed by atoms with Crippen LogP contribution in [0.2, 0.25) is 0 Å². The first-order chi connectivity index (χ1) is 9.90. The van der Waals surface area contributed by atoms with E-state index in [0.29, 0.717) is 12.5 Å². The van der Waals surface area contributed by atoms with Crippen molar-refractivity contribution < 1.29 is 9.90 Å². The maximum atomic E-state index is 11.5. The van der Waals surface area contributed by atoms with E-state index in [-0.39, 0.29) is 6.04 Å². The van der Waals surface area contributed by atoms with Gasteiger partial charge in [-0.2, -0.15) is 0 Å². The number of carboxylic acids is 1. The number of likely N-dealkylation sites (tertiary alicyclic amines) is 2. The monoisotopic (exact) mass is 297 g/mol. The molecule has 5 heteroatoms. The molecule has 0 bridgehead atoms. The number of nitrogens with one attached hydrogen (secondary N) is 1. The number of carbonyl (C=O) groups is 1. The summed E-state index contributed by atoms with van der Waals surface area (Å²) < 4.78 is 0. The molecule has 5 nitrogen and oxygen atoms in total. The minimum Gasteiger partial charge on any atom is -0.480 e. The van der Waals surface area contributed by atoms with E-state index in [1.807, 2.05) is 20.8 Å². The predicted molar refractivity (Wildman–Crippen MR) is 84.6 cm³/mol. The molecule has 2 aliphatic heterocycles. The van der Waals surface area contributed by atoms with Gasteiger partial charge in [0.2, 0.25) is 0 Å². The summed E-state index contributed by atoms with van der Waals surface area (Å²) in [4.78, 5) is 16.6. The molecular weight excluding hydrogens is 266 g/mol. The van der Waals surface area contributed by atoms with Crippen LogP contribution in [0.15, 0.2) is 0 Å². The van der Waals surface area contributed by atoms with Gasteiger partial charge in [-0.3, -0.25) is 15.0 Å². The minimum absolute atomic E-state index is 0.182. The molecule has 2 heterocycles. The van der Waals surface area contributed by atoms with Crippen LogP contribution in [0.4, 0.5) is 0 Å². The highest BCUT2D eigenvalue weighted by molar-refractivity contribution is 5.78. The van der Waals surface area contributed by atoms with E-state index >= 15 is 0 Å². The first-order valence-electron chi connectivity index (χ1n) is 8.38. The second-order valence-electron chi connectivity index (χ2n) is 7.17. The molecule has 0 spiro atoms. The summed E-state index contributed by atoms with van der Waals surface area (Å²) in [6.45, 7) is 11.4. The molecule has 2 rings (SSSR count). The number of rotatable bonds is 7. The Hall–Kier alpha value is -0.650. The first-order valence-corrected chi connectivity index (χ1v) is 8.38. The summed E-state index contributed by atoms with van der Waals surface area (Å²) in [5, 5.41) is 12.7. The fourth-order valence-electron chi connectivity index (χ4n) is 3.68. The highest BCUT2D eigenvalue weighted by Gasteiger charge is 2.35. The fourth-order valence-corrected chi connectivity index (χ4v) is 3.68. The lowest BCUT2D eigenvalue weighted by molar-refractivity contribution is -0.144. The van der Waals surface area contributed by atoms with Crippen LogP contribution < -0.4 is 5.32 Å². The molecule has 0 aromatic rings. The standard InChI is InChI=1S/C16H31N3O2/c1-13(2)17-16(3,15(20)21)7-11-18-10-6-14(12-18)19-8-4-5-9-19/h13-14,17H,4-12H2,1-3H3,(H,20,21). The molecule has 2 fully saturated rings. The molecule has 2 N–H and O–H groups in total. The van der Waals surface area contributed by atoms with Crippen LogP contribution in [0.5, 0.6) is 0 Å². The van der Waals surface area contributed by atoms with E-state index in [0.717, 1.165) is 19.6 Å². The molecular formula is C16H31N3O2. The fraction of sp³-hybridized carbons (Fsp3) is 0.938. The molecule has 2 atom stereocenters. The van der Waals surface area contributed by atoms with Crippen molar-refractivity contribution in [2.45, 2.75) is 64.1 Å². The Morgan fingerprint density at radius 2 is 2.00 bits per heavy atom. The van der Waals surface area contributed by atoms with Gasteiger partial charge in [0, 0.05) is 25.2 Å². The molecule has 2 unspecified atom stereocenters. The van der Waals surface area contributed by atoms with Gasteiger partial charge in [0.15, 0.2) is 0 Å². The predicted octanol–water partition coefficient (Wildman–Crippen LogP) is 1.39. The molecule has 0 aliphatic carbocycles. The zero-order valence-corrected chi connectivity index (χ0v) is 13.8. The molecule has 2 aliphatic rings. The summed E-state index contributed by atoms with van der Waals surface area (Å²) in [6, 6.07) is 0.878. The van der Waals surface area contributed by atoms with Gasteiger partial charge in [0.05, 0.1) is 0 Å². The van der Waals surface area contributed by atoms with E-state index < -0.39 is 11.5 Å². The van der Waals surface area contributed by atoms with Crippen molar-refractivity contribution in [2.75, 3.05) is 32.7 Å².